The summed E-state index contributed by atoms with van der Waals surface area (Å²) in [5.74, 6) is -2.40. The smallest absolute Gasteiger partial charge is 0.447 e. The fourth-order valence-corrected chi connectivity index (χ4v) is 1.61. The Morgan fingerprint density at radius 1 is 0.792 bits per heavy atom. The SMILES string of the molecule is COC(=O)c1ccc(OC(C(F)(F)F)(C(F)(F)F)C(F)(F)F)cc1. The number of carbonyl (C=O) groups excluding carboxylic acids is 1. The van der Waals surface area contributed by atoms with E-state index in [2.05, 4.69) is 9.47 Å². The molecule has 0 bridgehead atoms. The standard InChI is InChI=1S/C12H7F9O3/c1-23-8(22)6-2-4-7(5-3-6)24-9(10(13,14)15,11(16,17)18)12(19,20)21/h2-5H,1H3. The molecule has 0 aliphatic heterocycles. The van der Waals surface area contributed by atoms with E-state index in [1.165, 1.54) is 0 Å². The number of methoxy groups -OCH3 is 1. The second-order valence-corrected chi connectivity index (χ2v) is 4.29. The molecule has 0 saturated carbocycles. The van der Waals surface area contributed by atoms with Gasteiger partial charge in [-0.3, -0.25) is 0 Å². The van der Waals surface area contributed by atoms with Gasteiger partial charge < -0.3 is 9.47 Å². The number of benzene rings is 1. The molecule has 0 N–H and O–H groups in total. The van der Waals surface area contributed by atoms with Crippen molar-refractivity contribution >= 4 is 5.97 Å². The number of carbonyl (C=O) groups is 1. The first-order chi connectivity index (χ1) is 10.7. The van der Waals surface area contributed by atoms with Crippen LogP contribution >= 0.6 is 0 Å². The predicted molar refractivity (Wildman–Crippen MR) is 59.3 cm³/mol. The number of ether oxygens (including phenoxy) is 2. The summed E-state index contributed by atoms with van der Waals surface area (Å²) in [5, 5.41) is 0. The van der Waals surface area contributed by atoms with Gasteiger partial charge in [0, 0.05) is 0 Å². The molecule has 136 valence electrons. The molecule has 12 heteroatoms. The van der Waals surface area contributed by atoms with Gasteiger partial charge >= 0.3 is 30.1 Å². The highest BCUT2D eigenvalue weighted by Crippen LogP contribution is 2.54. The Morgan fingerprint density at radius 3 is 1.46 bits per heavy atom. The van der Waals surface area contributed by atoms with Crippen LogP contribution in [0.2, 0.25) is 0 Å². The maximum Gasteiger partial charge on any atom is 0.447 e. The predicted octanol–water partition coefficient (Wildman–Crippen LogP) is 4.28. The summed E-state index contributed by atoms with van der Waals surface area (Å²) >= 11 is 0. The lowest BCUT2D eigenvalue weighted by Crippen LogP contribution is -2.69. The van der Waals surface area contributed by atoms with Gasteiger partial charge in [0.2, 0.25) is 0 Å². The van der Waals surface area contributed by atoms with Gasteiger partial charge in [0.25, 0.3) is 0 Å². The summed E-state index contributed by atoms with van der Waals surface area (Å²) in [6, 6.07) is 2.00. The number of hydrogen-bond acceptors (Lipinski definition) is 3. The largest absolute Gasteiger partial charge is 0.465 e. The van der Waals surface area contributed by atoms with Crippen molar-refractivity contribution in [2.75, 3.05) is 7.11 Å². The van der Waals surface area contributed by atoms with E-state index in [9.17, 15) is 44.3 Å². The van der Waals surface area contributed by atoms with Crippen molar-refractivity contribution in [1.29, 1.82) is 0 Å². The normalized spacial score (nSPS) is 13.6. The van der Waals surface area contributed by atoms with Crippen LogP contribution in [0.1, 0.15) is 10.4 Å². The van der Waals surface area contributed by atoms with E-state index in [1.807, 2.05) is 0 Å². The Morgan fingerprint density at radius 2 is 1.17 bits per heavy atom. The maximum absolute atomic E-state index is 12.7. The molecule has 0 atom stereocenters. The molecule has 0 amide bonds. The average Bonchev–Trinajstić information content (AvgIpc) is 2.40. The Labute approximate surface area is 127 Å². The molecule has 0 unspecified atom stereocenters. The van der Waals surface area contributed by atoms with Crippen molar-refractivity contribution < 1.29 is 53.8 Å². The molecule has 1 aromatic rings. The third-order valence-corrected chi connectivity index (χ3v) is 2.74. The Kier molecular flexibility index (Phi) is 5.02. The average molecular weight is 370 g/mol. The highest BCUT2D eigenvalue weighted by atomic mass is 19.4. The minimum Gasteiger partial charge on any atom is -0.465 e. The second kappa shape index (κ2) is 6.06. The molecule has 0 saturated heterocycles. The van der Waals surface area contributed by atoms with Crippen LogP contribution in [0, 0.1) is 0 Å². The zero-order valence-corrected chi connectivity index (χ0v) is 11.4. The molecular formula is C12H7F9O3. The highest BCUT2D eigenvalue weighted by Gasteiger charge is 2.86. The van der Waals surface area contributed by atoms with Crippen LogP contribution in [-0.4, -0.2) is 37.2 Å². The van der Waals surface area contributed by atoms with E-state index in [1.54, 1.807) is 0 Å². The first kappa shape index (κ1) is 19.9. The minimum atomic E-state index is -6.84. The summed E-state index contributed by atoms with van der Waals surface area (Å²) in [4.78, 5) is 11.1. The van der Waals surface area contributed by atoms with Crippen LogP contribution in [0.15, 0.2) is 24.3 Å². The van der Waals surface area contributed by atoms with Gasteiger partial charge in [-0.15, -0.1) is 0 Å². The zero-order valence-electron chi connectivity index (χ0n) is 11.4. The van der Waals surface area contributed by atoms with Gasteiger partial charge in [-0.05, 0) is 24.3 Å². The summed E-state index contributed by atoms with van der Waals surface area (Å²) in [6.07, 6.45) is -20.5. The molecule has 24 heavy (non-hydrogen) atoms. The van der Waals surface area contributed by atoms with Gasteiger partial charge in [0.1, 0.15) is 5.75 Å². The quantitative estimate of drug-likeness (QED) is 0.589. The van der Waals surface area contributed by atoms with Gasteiger partial charge in [-0.2, -0.15) is 39.5 Å². The fourth-order valence-electron chi connectivity index (χ4n) is 1.61. The number of hydrogen-bond donors (Lipinski definition) is 0. The lowest BCUT2D eigenvalue weighted by atomic mass is 10.0. The fraction of sp³-hybridized carbons (Fsp3) is 0.417. The van der Waals surface area contributed by atoms with Gasteiger partial charge in [0.05, 0.1) is 12.7 Å². The summed E-state index contributed by atoms with van der Waals surface area (Å²) in [5.41, 5.74) is -6.73. The lowest BCUT2D eigenvalue weighted by Gasteiger charge is -2.38. The number of alkyl halides is 9. The first-order valence-electron chi connectivity index (χ1n) is 5.75. The molecule has 0 fully saturated rings. The van der Waals surface area contributed by atoms with E-state index in [-0.39, 0.29) is 5.56 Å². The number of rotatable bonds is 3. The molecule has 0 heterocycles. The molecule has 0 aliphatic carbocycles. The van der Waals surface area contributed by atoms with Crippen LogP contribution < -0.4 is 4.74 Å². The van der Waals surface area contributed by atoms with Crippen LogP contribution in [0.5, 0.6) is 5.75 Å². The molecule has 0 radical (unpaired) electrons. The molecule has 3 nitrogen and oxygen atoms in total. The van der Waals surface area contributed by atoms with Crippen molar-refractivity contribution in [2.24, 2.45) is 0 Å². The number of esters is 1. The van der Waals surface area contributed by atoms with Crippen molar-refractivity contribution in [3.63, 3.8) is 0 Å². The van der Waals surface area contributed by atoms with E-state index < -0.39 is 35.8 Å². The van der Waals surface area contributed by atoms with Crippen LogP contribution in [-0.2, 0) is 4.74 Å². The van der Waals surface area contributed by atoms with Gasteiger partial charge in [-0.1, -0.05) is 0 Å². The van der Waals surface area contributed by atoms with Crippen LogP contribution in [0.4, 0.5) is 39.5 Å². The topological polar surface area (TPSA) is 35.5 Å². The van der Waals surface area contributed by atoms with Crippen LogP contribution in [0.25, 0.3) is 0 Å². The lowest BCUT2D eigenvalue weighted by molar-refractivity contribution is -0.436. The Bertz CT molecular complexity index is 548. The summed E-state index contributed by atoms with van der Waals surface area (Å²) in [7, 11) is 0.939. The molecule has 0 spiro atoms. The number of halogens is 9. The zero-order chi connectivity index (χ0) is 19.0. The second-order valence-electron chi connectivity index (χ2n) is 4.29. The molecular weight excluding hydrogens is 363 g/mol. The van der Waals surface area contributed by atoms with Crippen molar-refractivity contribution in [3.8, 4) is 5.75 Å². The first-order valence-corrected chi connectivity index (χ1v) is 5.75. The van der Waals surface area contributed by atoms with Gasteiger partial charge in [-0.25, -0.2) is 4.79 Å². The van der Waals surface area contributed by atoms with Crippen molar-refractivity contribution in [3.05, 3.63) is 29.8 Å². The third kappa shape index (κ3) is 3.36. The van der Waals surface area contributed by atoms with E-state index >= 15 is 0 Å². The molecule has 1 aromatic carbocycles. The Balaban J connectivity index is 3.41. The van der Waals surface area contributed by atoms with Crippen molar-refractivity contribution in [1.82, 2.24) is 0 Å². The Hall–Kier alpha value is -2.14. The third-order valence-electron chi connectivity index (χ3n) is 2.74. The monoisotopic (exact) mass is 370 g/mol. The highest BCUT2D eigenvalue weighted by molar-refractivity contribution is 5.89. The van der Waals surface area contributed by atoms with Crippen LogP contribution in [0.3, 0.4) is 0 Å². The van der Waals surface area contributed by atoms with Crippen molar-refractivity contribution in [2.45, 2.75) is 24.1 Å². The molecule has 1 rings (SSSR count). The molecule has 0 aliphatic rings. The van der Waals surface area contributed by atoms with E-state index in [4.69, 9.17) is 0 Å². The summed E-state index contributed by atoms with van der Waals surface area (Å²) in [6.45, 7) is 0. The molecule has 0 aromatic heterocycles. The summed E-state index contributed by atoms with van der Waals surface area (Å²) < 4.78 is 122. The van der Waals surface area contributed by atoms with E-state index in [0.717, 1.165) is 7.11 Å². The van der Waals surface area contributed by atoms with Gasteiger partial charge in [0.15, 0.2) is 0 Å². The maximum atomic E-state index is 12.7. The van der Waals surface area contributed by atoms with E-state index in [0.29, 0.717) is 24.3 Å². The minimum absolute atomic E-state index is 0.318.